The van der Waals surface area contributed by atoms with Crippen molar-refractivity contribution < 1.29 is 14.3 Å². The van der Waals surface area contributed by atoms with Gasteiger partial charge in [0.05, 0.1) is 5.70 Å². The molecule has 2 aromatic rings. The Kier molecular flexibility index (Phi) is 12.9. The Morgan fingerprint density at radius 1 is 1.16 bits per heavy atom. The SMILES string of the molecule is CC.CC.CC(C)O.Cc1cc(F)ccc1N/C=C(\N)c1ccc2c(c1)CN(C)C2=O. The summed E-state index contributed by atoms with van der Waals surface area (Å²) in [5.41, 5.74) is 10.8. The van der Waals surface area contributed by atoms with Gasteiger partial charge in [-0.25, -0.2) is 4.39 Å². The highest BCUT2D eigenvalue weighted by Gasteiger charge is 2.24. The molecule has 2 aromatic carbocycles. The monoisotopic (exact) mass is 431 g/mol. The minimum atomic E-state index is -0.266. The molecule has 1 amide bonds. The van der Waals surface area contributed by atoms with Crippen LogP contribution in [0, 0.1) is 12.7 Å². The van der Waals surface area contributed by atoms with Gasteiger partial charge in [0.25, 0.3) is 5.91 Å². The van der Waals surface area contributed by atoms with Crippen LogP contribution in [0.5, 0.6) is 0 Å². The number of aliphatic hydroxyl groups excluding tert-OH is 1. The molecule has 0 spiro atoms. The van der Waals surface area contributed by atoms with Crippen LogP contribution in [0.3, 0.4) is 0 Å². The Morgan fingerprint density at radius 3 is 2.29 bits per heavy atom. The van der Waals surface area contributed by atoms with E-state index in [9.17, 15) is 9.18 Å². The number of anilines is 1. The van der Waals surface area contributed by atoms with Crippen LogP contribution in [0.4, 0.5) is 10.1 Å². The number of hydrogen-bond donors (Lipinski definition) is 3. The lowest BCUT2D eigenvalue weighted by atomic mass is 10.0. The Labute approximate surface area is 186 Å². The molecule has 0 radical (unpaired) electrons. The van der Waals surface area contributed by atoms with Gasteiger partial charge in [-0.1, -0.05) is 33.8 Å². The molecule has 0 aromatic heterocycles. The number of aryl methyl sites for hydroxylation is 1. The maximum atomic E-state index is 13.1. The van der Waals surface area contributed by atoms with Crippen LogP contribution in [0.25, 0.3) is 5.70 Å². The number of fused-ring (bicyclic) bond motifs is 1. The molecule has 3 rings (SSSR count). The van der Waals surface area contributed by atoms with Gasteiger partial charge in [-0.05, 0) is 67.8 Å². The Balaban J connectivity index is 0.000000992. The van der Waals surface area contributed by atoms with Crippen LogP contribution in [0.15, 0.2) is 42.6 Å². The lowest BCUT2D eigenvalue weighted by Crippen LogP contribution is -2.17. The molecule has 1 aliphatic rings. The van der Waals surface area contributed by atoms with Gasteiger partial charge in [0.1, 0.15) is 5.82 Å². The van der Waals surface area contributed by atoms with Gasteiger partial charge in [-0.3, -0.25) is 4.79 Å². The smallest absolute Gasteiger partial charge is 0.254 e. The molecule has 0 unspecified atom stereocenters. The van der Waals surface area contributed by atoms with E-state index in [2.05, 4.69) is 5.32 Å². The molecule has 0 aliphatic carbocycles. The zero-order valence-corrected chi connectivity index (χ0v) is 20.1. The Bertz CT molecular complexity index is 861. The second kappa shape index (κ2) is 14.2. The predicted octanol–water partition coefficient (Wildman–Crippen LogP) is 5.53. The first-order valence-corrected chi connectivity index (χ1v) is 10.7. The molecule has 0 saturated carbocycles. The minimum Gasteiger partial charge on any atom is -0.397 e. The quantitative estimate of drug-likeness (QED) is 0.597. The molecule has 172 valence electrons. The largest absolute Gasteiger partial charge is 0.397 e. The average Bonchev–Trinajstić information content (AvgIpc) is 3.03. The van der Waals surface area contributed by atoms with E-state index in [4.69, 9.17) is 10.8 Å². The summed E-state index contributed by atoms with van der Waals surface area (Å²) in [6, 6.07) is 10.1. The first kappa shape index (κ1) is 28.1. The molecule has 0 atom stereocenters. The number of aliphatic hydroxyl groups is 1. The van der Waals surface area contributed by atoms with Crippen LogP contribution >= 0.6 is 0 Å². The fraction of sp³-hybridized carbons (Fsp3) is 0.400. The van der Waals surface area contributed by atoms with Gasteiger partial charge in [0.2, 0.25) is 0 Å². The number of amides is 1. The van der Waals surface area contributed by atoms with Crippen molar-refractivity contribution in [3.8, 4) is 0 Å². The molecule has 5 nitrogen and oxygen atoms in total. The first-order chi connectivity index (χ1) is 14.7. The van der Waals surface area contributed by atoms with Crippen molar-refractivity contribution >= 4 is 17.3 Å². The molecule has 4 N–H and O–H groups in total. The summed E-state index contributed by atoms with van der Waals surface area (Å²) in [6.45, 7) is 13.9. The fourth-order valence-corrected chi connectivity index (χ4v) is 2.67. The van der Waals surface area contributed by atoms with E-state index in [1.165, 1.54) is 12.1 Å². The third-order valence-corrected chi connectivity index (χ3v) is 3.99. The van der Waals surface area contributed by atoms with Crippen LogP contribution in [0.2, 0.25) is 0 Å². The van der Waals surface area contributed by atoms with E-state index < -0.39 is 0 Å². The third-order valence-electron chi connectivity index (χ3n) is 3.99. The summed E-state index contributed by atoms with van der Waals surface area (Å²) in [6.07, 6.45) is 1.52. The lowest BCUT2D eigenvalue weighted by molar-refractivity contribution is 0.0816. The number of carbonyl (C=O) groups is 1. The van der Waals surface area contributed by atoms with E-state index >= 15 is 0 Å². The van der Waals surface area contributed by atoms with Crippen LogP contribution in [-0.4, -0.2) is 29.1 Å². The number of nitrogens with zero attached hydrogens (tertiary/aromatic N) is 1. The van der Waals surface area contributed by atoms with Gasteiger partial charge < -0.3 is 21.1 Å². The van der Waals surface area contributed by atoms with Crippen molar-refractivity contribution in [2.75, 3.05) is 12.4 Å². The zero-order valence-electron chi connectivity index (χ0n) is 20.1. The molecular weight excluding hydrogens is 393 g/mol. The zero-order chi connectivity index (χ0) is 24.1. The normalized spacial score (nSPS) is 12.0. The molecular formula is C25H38FN3O2. The van der Waals surface area contributed by atoms with Gasteiger partial charge in [0, 0.05) is 37.1 Å². The predicted molar refractivity (Wildman–Crippen MR) is 129 cm³/mol. The lowest BCUT2D eigenvalue weighted by Gasteiger charge is -2.08. The van der Waals surface area contributed by atoms with Crippen LogP contribution < -0.4 is 11.1 Å². The number of halogens is 1. The van der Waals surface area contributed by atoms with Crippen molar-refractivity contribution in [3.05, 3.63) is 70.7 Å². The summed E-state index contributed by atoms with van der Waals surface area (Å²) in [7, 11) is 1.78. The highest BCUT2D eigenvalue weighted by atomic mass is 19.1. The molecule has 31 heavy (non-hydrogen) atoms. The second-order valence-corrected chi connectivity index (χ2v) is 6.83. The van der Waals surface area contributed by atoms with Gasteiger partial charge in [0.15, 0.2) is 0 Å². The summed E-state index contributed by atoms with van der Waals surface area (Å²) in [4.78, 5) is 13.6. The summed E-state index contributed by atoms with van der Waals surface area (Å²) in [5, 5.41) is 11.1. The molecule has 0 fully saturated rings. The van der Waals surface area contributed by atoms with E-state index in [1.807, 2.05) is 46.8 Å². The minimum absolute atomic E-state index is 0.0363. The highest BCUT2D eigenvalue weighted by Crippen LogP contribution is 2.24. The fourth-order valence-electron chi connectivity index (χ4n) is 2.67. The van der Waals surface area contributed by atoms with Crippen LogP contribution in [0.1, 0.15) is 68.6 Å². The number of hydrogen-bond acceptors (Lipinski definition) is 4. The molecule has 1 heterocycles. The summed E-state index contributed by atoms with van der Waals surface area (Å²) >= 11 is 0. The number of rotatable bonds is 3. The van der Waals surface area contributed by atoms with Gasteiger partial charge in [-0.2, -0.15) is 0 Å². The van der Waals surface area contributed by atoms with Crippen molar-refractivity contribution in [2.24, 2.45) is 5.73 Å². The Hall–Kier alpha value is -2.86. The van der Waals surface area contributed by atoms with E-state index in [1.54, 1.807) is 44.1 Å². The maximum Gasteiger partial charge on any atom is 0.254 e. The molecule has 0 bridgehead atoms. The molecule has 1 aliphatic heterocycles. The van der Waals surface area contributed by atoms with Crippen molar-refractivity contribution in [3.63, 3.8) is 0 Å². The van der Waals surface area contributed by atoms with E-state index in [0.717, 1.165) is 27.9 Å². The highest BCUT2D eigenvalue weighted by molar-refractivity contribution is 5.98. The number of nitrogens with two attached hydrogens (primary N) is 1. The first-order valence-electron chi connectivity index (χ1n) is 10.7. The van der Waals surface area contributed by atoms with Gasteiger partial charge in [-0.15, -0.1) is 0 Å². The van der Waals surface area contributed by atoms with E-state index in [-0.39, 0.29) is 17.8 Å². The summed E-state index contributed by atoms with van der Waals surface area (Å²) < 4.78 is 13.1. The third kappa shape index (κ3) is 8.80. The summed E-state index contributed by atoms with van der Waals surface area (Å²) in [5.74, 6) is -0.230. The van der Waals surface area contributed by atoms with Crippen LogP contribution in [-0.2, 0) is 6.54 Å². The van der Waals surface area contributed by atoms with Crippen molar-refractivity contribution in [2.45, 2.75) is 61.1 Å². The van der Waals surface area contributed by atoms with Gasteiger partial charge >= 0.3 is 0 Å². The topological polar surface area (TPSA) is 78.6 Å². The van der Waals surface area contributed by atoms with Crippen molar-refractivity contribution in [1.29, 1.82) is 0 Å². The van der Waals surface area contributed by atoms with Crippen molar-refractivity contribution in [1.82, 2.24) is 4.90 Å². The Morgan fingerprint density at radius 2 is 1.74 bits per heavy atom. The molecule has 0 saturated heterocycles. The second-order valence-electron chi connectivity index (χ2n) is 6.83. The average molecular weight is 432 g/mol. The number of nitrogens with one attached hydrogen (secondary N) is 1. The maximum absolute atomic E-state index is 13.1. The standard InChI is InChI=1S/C18H18FN3O.C3H8O.2C2H6/c1-11-7-14(19)4-6-17(11)21-9-16(20)12-3-5-15-13(8-12)10-22(2)18(15)23;1-3(2)4;2*1-2/h3-9,21H,10,20H2,1-2H3;3-4H,1-2H3;2*1-2H3/b16-9-;;;. The number of carbonyl (C=O) groups excluding carboxylic acids is 1. The molecule has 6 heteroatoms. The van der Waals surface area contributed by atoms with E-state index in [0.29, 0.717) is 12.2 Å². The number of benzene rings is 2.